The van der Waals surface area contributed by atoms with Gasteiger partial charge in [-0.15, -0.1) is 0 Å². The first-order chi connectivity index (χ1) is 14.9. The lowest BCUT2D eigenvalue weighted by Crippen LogP contribution is -2.27. The summed E-state index contributed by atoms with van der Waals surface area (Å²) in [6.45, 7) is 0. The van der Waals surface area contributed by atoms with Crippen molar-refractivity contribution >= 4 is 5.57 Å². The van der Waals surface area contributed by atoms with Crippen molar-refractivity contribution in [2.24, 2.45) is 11.8 Å². The summed E-state index contributed by atoms with van der Waals surface area (Å²) in [4.78, 5) is 0. The monoisotopic (exact) mass is 386 g/mol. The van der Waals surface area contributed by atoms with E-state index >= 15 is 0 Å². The molecule has 3 unspecified atom stereocenters. The summed E-state index contributed by atoms with van der Waals surface area (Å²) in [7, 11) is 0. The summed E-state index contributed by atoms with van der Waals surface area (Å²) >= 11 is 0. The van der Waals surface area contributed by atoms with Crippen LogP contribution in [0.4, 0.5) is 0 Å². The van der Waals surface area contributed by atoms with Gasteiger partial charge in [-0.25, -0.2) is 0 Å². The highest BCUT2D eigenvalue weighted by atomic mass is 14.4. The molecule has 0 amide bonds. The van der Waals surface area contributed by atoms with Crippen molar-refractivity contribution in [2.75, 3.05) is 0 Å². The van der Waals surface area contributed by atoms with Gasteiger partial charge in [0.05, 0.1) is 0 Å². The Kier molecular flexibility index (Phi) is 4.30. The smallest absolute Gasteiger partial charge is 0.0139 e. The van der Waals surface area contributed by atoms with Gasteiger partial charge < -0.3 is 0 Å². The van der Waals surface area contributed by atoms with Crippen LogP contribution in [0.3, 0.4) is 0 Å². The average Bonchev–Trinajstić information content (AvgIpc) is 2.84. The van der Waals surface area contributed by atoms with Crippen molar-refractivity contribution in [3.63, 3.8) is 0 Å². The molecule has 0 saturated carbocycles. The van der Waals surface area contributed by atoms with Gasteiger partial charge >= 0.3 is 0 Å². The van der Waals surface area contributed by atoms with Crippen molar-refractivity contribution in [3.05, 3.63) is 137 Å². The third-order valence-corrected chi connectivity index (χ3v) is 7.10. The predicted molar refractivity (Wildman–Crippen MR) is 126 cm³/mol. The van der Waals surface area contributed by atoms with Gasteiger partial charge in [0.2, 0.25) is 0 Å². The summed E-state index contributed by atoms with van der Waals surface area (Å²) < 4.78 is 0. The zero-order chi connectivity index (χ0) is 19.9. The third kappa shape index (κ3) is 2.82. The van der Waals surface area contributed by atoms with Gasteiger partial charge in [-0.2, -0.15) is 0 Å². The highest BCUT2D eigenvalue weighted by Gasteiger charge is 2.39. The lowest BCUT2D eigenvalue weighted by molar-refractivity contribution is 0.590. The van der Waals surface area contributed by atoms with Gasteiger partial charge in [-0.1, -0.05) is 103 Å². The number of allylic oxidation sites excluding steroid dienone is 12. The van der Waals surface area contributed by atoms with Gasteiger partial charge in [-0.05, 0) is 58.3 Å². The molecule has 0 aromatic heterocycles. The zero-order valence-corrected chi connectivity index (χ0v) is 17.2. The molecular weight excluding hydrogens is 360 g/mol. The number of fused-ring (bicyclic) bond motifs is 3. The van der Waals surface area contributed by atoms with E-state index < -0.39 is 0 Å². The summed E-state index contributed by atoms with van der Waals surface area (Å²) in [6.07, 6.45) is 20.1. The van der Waals surface area contributed by atoms with Crippen molar-refractivity contribution in [2.45, 2.75) is 25.2 Å². The quantitative estimate of drug-likeness (QED) is 0.499. The lowest BCUT2D eigenvalue weighted by Gasteiger charge is -2.42. The summed E-state index contributed by atoms with van der Waals surface area (Å²) in [5, 5.41) is 0. The summed E-state index contributed by atoms with van der Waals surface area (Å²) in [5.41, 5.74) is 10.6. The molecule has 4 aliphatic carbocycles. The minimum absolute atomic E-state index is 0.411. The molecule has 0 heteroatoms. The molecule has 4 aliphatic rings. The molecule has 0 aliphatic heterocycles. The second-order valence-electron chi connectivity index (χ2n) is 8.76. The molecule has 0 spiro atoms. The molecule has 146 valence electrons. The van der Waals surface area contributed by atoms with Crippen molar-refractivity contribution in [3.8, 4) is 0 Å². The Morgan fingerprint density at radius 1 is 0.767 bits per heavy atom. The van der Waals surface area contributed by atoms with Crippen LogP contribution in [0.5, 0.6) is 0 Å². The Labute approximate surface area is 179 Å². The maximum Gasteiger partial charge on any atom is 0.0139 e. The molecule has 0 heterocycles. The standard InChI is InChI=1S/C30H26/c1-3-11-21(12-4-1)27-19-23-15-7-9-17-25(23)29-26-18-10-8-16-24(26)20-28(30(27)29)22-13-5-2-6-14-22/h1-9,11-17,19,23,25,28H,10,18,20H2. The summed E-state index contributed by atoms with van der Waals surface area (Å²) in [5.74, 6) is 1.31. The van der Waals surface area contributed by atoms with E-state index in [2.05, 4.69) is 103 Å². The Balaban J connectivity index is 1.63. The molecule has 0 nitrogen and oxygen atoms in total. The van der Waals surface area contributed by atoms with Crippen LogP contribution < -0.4 is 0 Å². The minimum Gasteiger partial charge on any atom is -0.0839 e. The summed E-state index contributed by atoms with van der Waals surface area (Å²) in [6, 6.07) is 22.2. The number of hydrogen-bond acceptors (Lipinski definition) is 0. The van der Waals surface area contributed by atoms with Crippen LogP contribution in [-0.4, -0.2) is 0 Å². The van der Waals surface area contributed by atoms with Gasteiger partial charge in [0.15, 0.2) is 0 Å². The molecule has 3 atom stereocenters. The minimum atomic E-state index is 0.411. The van der Waals surface area contributed by atoms with E-state index in [1.807, 2.05) is 0 Å². The maximum atomic E-state index is 2.54. The lowest BCUT2D eigenvalue weighted by atomic mass is 9.61. The van der Waals surface area contributed by atoms with E-state index in [4.69, 9.17) is 0 Å². The predicted octanol–water partition coefficient (Wildman–Crippen LogP) is 7.57. The van der Waals surface area contributed by atoms with Crippen LogP contribution in [0.15, 0.2) is 125 Å². The van der Waals surface area contributed by atoms with Crippen molar-refractivity contribution < 1.29 is 0 Å². The first-order valence-corrected chi connectivity index (χ1v) is 11.2. The molecule has 0 saturated heterocycles. The molecule has 30 heavy (non-hydrogen) atoms. The van der Waals surface area contributed by atoms with Gasteiger partial charge in [-0.3, -0.25) is 0 Å². The molecule has 2 aromatic rings. The Bertz CT molecular complexity index is 1150. The van der Waals surface area contributed by atoms with Crippen LogP contribution in [0.2, 0.25) is 0 Å². The van der Waals surface area contributed by atoms with E-state index in [1.54, 1.807) is 22.3 Å². The van der Waals surface area contributed by atoms with Crippen LogP contribution in [0, 0.1) is 11.8 Å². The number of hydrogen-bond donors (Lipinski definition) is 0. The highest BCUT2D eigenvalue weighted by molar-refractivity contribution is 5.86. The van der Waals surface area contributed by atoms with Gasteiger partial charge in [0, 0.05) is 17.8 Å². The van der Waals surface area contributed by atoms with Gasteiger partial charge in [0.1, 0.15) is 0 Å². The number of benzene rings is 2. The fourth-order valence-electron chi connectivity index (χ4n) is 5.79. The van der Waals surface area contributed by atoms with E-state index in [0.717, 1.165) is 12.8 Å². The first kappa shape index (κ1) is 17.7. The largest absolute Gasteiger partial charge is 0.0839 e. The van der Waals surface area contributed by atoms with Crippen LogP contribution in [-0.2, 0) is 0 Å². The Hall–Kier alpha value is -3.12. The molecule has 0 bridgehead atoms. The van der Waals surface area contributed by atoms with Crippen molar-refractivity contribution in [1.82, 2.24) is 0 Å². The van der Waals surface area contributed by atoms with E-state index in [-0.39, 0.29) is 0 Å². The second-order valence-corrected chi connectivity index (χ2v) is 8.76. The Morgan fingerprint density at radius 2 is 1.53 bits per heavy atom. The normalized spacial score (nSPS) is 26.8. The highest BCUT2D eigenvalue weighted by Crippen LogP contribution is 2.55. The molecule has 0 radical (unpaired) electrons. The van der Waals surface area contributed by atoms with Crippen molar-refractivity contribution in [1.29, 1.82) is 0 Å². The molecule has 0 N–H and O–H groups in total. The molecular formula is C30H26. The molecule has 0 fully saturated rings. The van der Waals surface area contributed by atoms with Crippen LogP contribution in [0.1, 0.15) is 36.3 Å². The van der Waals surface area contributed by atoms with Gasteiger partial charge in [0.25, 0.3) is 0 Å². The molecule has 2 aromatic carbocycles. The Morgan fingerprint density at radius 3 is 2.37 bits per heavy atom. The average molecular weight is 387 g/mol. The fraction of sp³-hybridized carbons (Fsp3) is 0.200. The molecule has 6 rings (SSSR count). The topological polar surface area (TPSA) is 0 Å². The second kappa shape index (κ2) is 7.29. The zero-order valence-electron chi connectivity index (χ0n) is 17.2. The first-order valence-electron chi connectivity index (χ1n) is 11.2. The SMILES string of the molecule is C1=CC2C=C(c3ccccc3)C3=C(C4=C(C=CCC4)CC3c3ccccc3)C2C=C1. The van der Waals surface area contributed by atoms with E-state index in [1.165, 1.54) is 23.1 Å². The van der Waals surface area contributed by atoms with E-state index in [0.29, 0.717) is 17.8 Å². The van der Waals surface area contributed by atoms with Crippen LogP contribution in [0.25, 0.3) is 5.57 Å². The fourth-order valence-corrected chi connectivity index (χ4v) is 5.79. The maximum absolute atomic E-state index is 2.54. The third-order valence-electron chi connectivity index (χ3n) is 7.10. The van der Waals surface area contributed by atoms with E-state index in [9.17, 15) is 0 Å². The van der Waals surface area contributed by atoms with Crippen LogP contribution >= 0.6 is 0 Å². The number of rotatable bonds is 2.